The molecule has 1 aliphatic heterocycles. The van der Waals surface area contributed by atoms with E-state index in [4.69, 9.17) is 11.6 Å². The molecule has 0 aliphatic carbocycles. The Morgan fingerprint density at radius 2 is 2.14 bits per heavy atom. The Morgan fingerprint density at radius 3 is 2.82 bits per heavy atom. The summed E-state index contributed by atoms with van der Waals surface area (Å²) < 4.78 is 40.3. The van der Waals surface area contributed by atoms with Crippen LogP contribution >= 0.6 is 11.6 Å². The van der Waals surface area contributed by atoms with E-state index in [0.717, 1.165) is 11.8 Å². The van der Waals surface area contributed by atoms with Crippen LogP contribution < -0.4 is 0 Å². The van der Waals surface area contributed by atoms with Gasteiger partial charge in [-0.15, -0.1) is 0 Å². The van der Waals surface area contributed by atoms with Gasteiger partial charge >= 0.3 is 0 Å². The average molecular weight is 342 g/mol. The molecule has 0 unspecified atom stereocenters. The van der Waals surface area contributed by atoms with Crippen molar-refractivity contribution >= 4 is 21.6 Å². The van der Waals surface area contributed by atoms with E-state index in [-0.39, 0.29) is 22.4 Å². The van der Waals surface area contributed by atoms with Gasteiger partial charge in [0, 0.05) is 42.6 Å². The third-order valence-corrected chi connectivity index (χ3v) is 5.80. The molecular formula is C14H13ClFN3O2S. The maximum atomic E-state index is 13.9. The number of rotatable bonds is 3. The van der Waals surface area contributed by atoms with Crippen LogP contribution in [0.1, 0.15) is 18.0 Å². The Morgan fingerprint density at radius 1 is 1.32 bits per heavy atom. The van der Waals surface area contributed by atoms with Gasteiger partial charge in [-0.2, -0.15) is 4.31 Å². The summed E-state index contributed by atoms with van der Waals surface area (Å²) in [7, 11) is -3.88. The van der Waals surface area contributed by atoms with Gasteiger partial charge in [-0.1, -0.05) is 11.6 Å². The van der Waals surface area contributed by atoms with Gasteiger partial charge in [-0.3, -0.25) is 9.97 Å². The average Bonchev–Trinajstić information content (AvgIpc) is 2.98. The van der Waals surface area contributed by atoms with Gasteiger partial charge in [0.05, 0.1) is 5.69 Å². The van der Waals surface area contributed by atoms with Crippen LogP contribution in [0.25, 0.3) is 0 Å². The Balaban J connectivity index is 1.85. The van der Waals surface area contributed by atoms with E-state index >= 15 is 0 Å². The molecule has 0 saturated carbocycles. The van der Waals surface area contributed by atoms with Crippen molar-refractivity contribution in [3.8, 4) is 0 Å². The number of aromatic nitrogens is 2. The van der Waals surface area contributed by atoms with Gasteiger partial charge in [0.15, 0.2) is 0 Å². The first-order chi connectivity index (χ1) is 10.5. The summed E-state index contributed by atoms with van der Waals surface area (Å²) in [5.74, 6) is -0.866. The number of hydrogen-bond donors (Lipinski definition) is 0. The third-order valence-electron chi connectivity index (χ3n) is 3.66. The molecule has 1 fully saturated rings. The normalized spacial score (nSPS) is 19.5. The Hall–Kier alpha value is -1.57. The van der Waals surface area contributed by atoms with Crippen molar-refractivity contribution in [2.75, 3.05) is 13.1 Å². The lowest BCUT2D eigenvalue weighted by atomic mass is 10.1. The van der Waals surface area contributed by atoms with Crippen molar-refractivity contribution in [2.24, 2.45) is 0 Å². The zero-order valence-electron chi connectivity index (χ0n) is 11.5. The largest absolute Gasteiger partial charge is 0.261 e. The van der Waals surface area contributed by atoms with E-state index in [2.05, 4.69) is 9.97 Å². The number of hydrogen-bond acceptors (Lipinski definition) is 4. The molecule has 0 amide bonds. The monoisotopic (exact) mass is 341 g/mol. The highest BCUT2D eigenvalue weighted by atomic mass is 35.5. The summed E-state index contributed by atoms with van der Waals surface area (Å²) in [4.78, 5) is 7.85. The fourth-order valence-corrected chi connectivity index (χ4v) is 4.24. The second-order valence-corrected chi connectivity index (χ2v) is 7.40. The number of benzene rings is 1. The molecule has 0 spiro atoms. The highest BCUT2D eigenvalue weighted by molar-refractivity contribution is 7.89. The second kappa shape index (κ2) is 5.91. The first kappa shape index (κ1) is 15.3. The number of nitrogens with zero attached hydrogens (tertiary/aromatic N) is 3. The maximum absolute atomic E-state index is 13.9. The summed E-state index contributed by atoms with van der Waals surface area (Å²) in [5.41, 5.74) is 0.747. The number of sulfonamides is 1. The standard InChI is InChI=1S/C14H13ClFN3O2S/c15-11-1-2-14(12(16)7-11)22(20,21)19-6-3-10(9-19)13-8-17-4-5-18-13/h1-2,4-5,7-8,10H,3,6,9H2/t10-/m0/s1. The smallest absolute Gasteiger partial charge is 0.246 e. The Labute approximate surface area is 132 Å². The molecule has 1 aliphatic rings. The van der Waals surface area contributed by atoms with Crippen LogP contribution in [0.5, 0.6) is 0 Å². The lowest BCUT2D eigenvalue weighted by Gasteiger charge is -2.17. The van der Waals surface area contributed by atoms with Crippen LogP contribution in [-0.2, 0) is 10.0 Å². The summed E-state index contributed by atoms with van der Waals surface area (Å²) in [6.45, 7) is 0.592. The first-order valence-corrected chi connectivity index (χ1v) is 8.51. The van der Waals surface area contributed by atoms with Crippen LogP contribution in [-0.4, -0.2) is 35.8 Å². The molecule has 2 aromatic rings. The minimum absolute atomic E-state index is 0.0289. The zero-order chi connectivity index (χ0) is 15.7. The van der Waals surface area contributed by atoms with Crippen molar-refractivity contribution in [3.63, 3.8) is 0 Å². The van der Waals surface area contributed by atoms with E-state index in [9.17, 15) is 12.8 Å². The topological polar surface area (TPSA) is 63.2 Å². The van der Waals surface area contributed by atoms with Gasteiger partial charge in [-0.25, -0.2) is 12.8 Å². The molecule has 5 nitrogen and oxygen atoms in total. The summed E-state index contributed by atoms with van der Waals surface area (Å²) in [6.07, 6.45) is 5.40. The van der Waals surface area contributed by atoms with Crippen molar-refractivity contribution in [1.82, 2.24) is 14.3 Å². The summed E-state index contributed by atoms with van der Waals surface area (Å²) in [5, 5.41) is 0.162. The summed E-state index contributed by atoms with van der Waals surface area (Å²) in [6, 6.07) is 3.57. The third kappa shape index (κ3) is 2.84. The molecular weight excluding hydrogens is 329 g/mol. The molecule has 0 bridgehead atoms. The predicted molar refractivity (Wildman–Crippen MR) is 79.6 cm³/mol. The molecule has 1 aromatic carbocycles. The molecule has 0 N–H and O–H groups in total. The molecule has 1 aromatic heterocycles. The van der Waals surface area contributed by atoms with Crippen LogP contribution in [0.15, 0.2) is 41.7 Å². The van der Waals surface area contributed by atoms with Crippen LogP contribution in [0.4, 0.5) is 4.39 Å². The highest BCUT2D eigenvalue weighted by Crippen LogP contribution is 2.31. The van der Waals surface area contributed by atoms with Crippen LogP contribution in [0, 0.1) is 5.82 Å². The Kier molecular flexibility index (Phi) is 4.12. The highest BCUT2D eigenvalue weighted by Gasteiger charge is 2.35. The van der Waals surface area contributed by atoms with Gasteiger partial charge in [0.2, 0.25) is 10.0 Å². The molecule has 22 heavy (non-hydrogen) atoms. The van der Waals surface area contributed by atoms with E-state index in [1.807, 2.05) is 0 Å². The van der Waals surface area contributed by atoms with E-state index < -0.39 is 15.8 Å². The van der Waals surface area contributed by atoms with Crippen molar-refractivity contribution in [3.05, 3.63) is 53.3 Å². The number of halogens is 2. The summed E-state index contributed by atoms with van der Waals surface area (Å²) >= 11 is 5.67. The lowest BCUT2D eigenvalue weighted by Crippen LogP contribution is -2.29. The lowest BCUT2D eigenvalue weighted by molar-refractivity contribution is 0.465. The van der Waals surface area contributed by atoms with E-state index in [1.165, 1.54) is 16.4 Å². The van der Waals surface area contributed by atoms with E-state index in [0.29, 0.717) is 13.0 Å². The quantitative estimate of drug-likeness (QED) is 0.860. The first-order valence-electron chi connectivity index (χ1n) is 6.69. The fraction of sp³-hybridized carbons (Fsp3) is 0.286. The van der Waals surface area contributed by atoms with Gasteiger partial charge in [-0.05, 0) is 24.6 Å². The van der Waals surface area contributed by atoms with E-state index in [1.54, 1.807) is 18.6 Å². The second-order valence-electron chi connectivity index (χ2n) is 5.05. The van der Waals surface area contributed by atoms with Crippen LogP contribution in [0.2, 0.25) is 5.02 Å². The minimum atomic E-state index is -3.88. The maximum Gasteiger partial charge on any atom is 0.246 e. The zero-order valence-corrected chi connectivity index (χ0v) is 13.1. The van der Waals surface area contributed by atoms with Crippen molar-refractivity contribution in [2.45, 2.75) is 17.2 Å². The Bertz CT molecular complexity index is 786. The fourth-order valence-electron chi connectivity index (χ4n) is 2.53. The predicted octanol–water partition coefficient (Wildman–Crippen LogP) is 2.45. The van der Waals surface area contributed by atoms with Gasteiger partial charge in [0.25, 0.3) is 0 Å². The minimum Gasteiger partial charge on any atom is -0.261 e. The van der Waals surface area contributed by atoms with Crippen molar-refractivity contribution in [1.29, 1.82) is 0 Å². The molecule has 8 heteroatoms. The molecule has 3 rings (SSSR count). The molecule has 2 heterocycles. The molecule has 1 atom stereocenters. The molecule has 1 saturated heterocycles. The SMILES string of the molecule is O=S(=O)(c1ccc(Cl)cc1F)N1CC[C@H](c2cnccn2)C1. The van der Waals surface area contributed by atoms with Gasteiger partial charge in [0.1, 0.15) is 10.7 Å². The van der Waals surface area contributed by atoms with Crippen molar-refractivity contribution < 1.29 is 12.8 Å². The van der Waals surface area contributed by atoms with Crippen LogP contribution in [0.3, 0.4) is 0 Å². The van der Waals surface area contributed by atoms with Gasteiger partial charge < -0.3 is 0 Å². The molecule has 0 radical (unpaired) electrons. The molecule has 116 valence electrons.